The van der Waals surface area contributed by atoms with Crippen LogP contribution in [0, 0.1) is 11.8 Å². The number of allylic oxidation sites excluding steroid dienone is 6. The molecule has 0 bridgehead atoms. The first-order chi connectivity index (χ1) is 8.09. The van der Waals surface area contributed by atoms with Gasteiger partial charge in [0.2, 0.25) is 0 Å². The van der Waals surface area contributed by atoms with Crippen LogP contribution in [0.25, 0.3) is 0 Å². The summed E-state index contributed by atoms with van der Waals surface area (Å²) in [6, 6.07) is 0. The molecule has 0 heterocycles. The first kappa shape index (κ1) is 10.5. The van der Waals surface area contributed by atoms with Gasteiger partial charge in [0, 0.05) is 18.3 Å². The minimum absolute atomic E-state index is 0.0153. The number of aliphatic hydroxyl groups excluding tert-OH is 2. The summed E-state index contributed by atoms with van der Waals surface area (Å²) in [6.45, 7) is 1.99. The Morgan fingerprint density at radius 2 is 2.12 bits per heavy atom. The van der Waals surface area contributed by atoms with E-state index in [-0.39, 0.29) is 11.7 Å². The van der Waals surface area contributed by atoms with E-state index in [0.29, 0.717) is 23.8 Å². The smallest absolute Gasteiger partial charge is 0.122 e. The summed E-state index contributed by atoms with van der Waals surface area (Å²) in [7, 11) is 0. The van der Waals surface area contributed by atoms with Crippen LogP contribution >= 0.6 is 0 Å². The Labute approximate surface area is 101 Å². The van der Waals surface area contributed by atoms with E-state index in [1.54, 1.807) is 0 Å². The lowest BCUT2D eigenvalue weighted by Gasteiger charge is -2.41. The van der Waals surface area contributed by atoms with Crippen molar-refractivity contribution in [1.82, 2.24) is 0 Å². The van der Waals surface area contributed by atoms with E-state index in [4.69, 9.17) is 5.73 Å². The van der Waals surface area contributed by atoms with E-state index in [2.05, 4.69) is 0 Å². The predicted molar refractivity (Wildman–Crippen MR) is 66.2 cm³/mol. The van der Waals surface area contributed by atoms with Crippen molar-refractivity contribution >= 4 is 0 Å². The Morgan fingerprint density at radius 3 is 2.88 bits per heavy atom. The molecule has 0 fully saturated rings. The van der Waals surface area contributed by atoms with Crippen molar-refractivity contribution in [3.63, 3.8) is 0 Å². The van der Waals surface area contributed by atoms with Crippen LogP contribution in [0.5, 0.6) is 0 Å². The van der Waals surface area contributed by atoms with Gasteiger partial charge in [-0.05, 0) is 36.1 Å². The molecule has 4 N–H and O–H groups in total. The number of fused-ring (bicyclic) bond motifs is 3. The molecule has 0 radical (unpaired) electrons. The van der Waals surface area contributed by atoms with Crippen molar-refractivity contribution in [2.45, 2.75) is 26.2 Å². The monoisotopic (exact) mass is 231 g/mol. The van der Waals surface area contributed by atoms with Gasteiger partial charge >= 0.3 is 0 Å². The zero-order valence-corrected chi connectivity index (χ0v) is 9.90. The van der Waals surface area contributed by atoms with Crippen molar-refractivity contribution in [2.24, 2.45) is 17.6 Å². The molecule has 2 atom stereocenters. The minimum Gasteiger partial charge on any atom is -0.513 e. The van der Waals surface area contributed by atoms with E-state index >= 15 is 0 Å². The van der Waals surface area contributed by atoms with Crippen LogP contribution in [0.4, 0.5) is 0 Å². The van der Waals surface area contributed by atoms with Gasteiger partial charge in [-0.2, -0.15) is 0 Å². The first-order valence-electron chi connectivity index (χ1n) is 6.11. The highest BCUT2D eigenvalue weighted by molar-refractivity contribution is 5.60. The quantitative estimate of drug-likeness (QED) is 0.600. The molecule has 0 aromatic carbocycles. The molecule has 3 heteroatoms. The second kappa shape index (κ2) is 3.42. The number of hydrogen-bond acceptors (Lipinski definition) is 3. The highest BCUT2D eigenvalue weighted by atomic mass is 16.3. The topological polar surface area (TPSA) is 66.5 Å². The Balaban J connectivity index is 2.05. The molecule has 0 saturated carbocycles. The van der Waals surface area contributed by atoms with Crippen LogP contribution in [-0.4, -0.2) is 10.2 Å². The molecule has 3 aliphatic carbocycles. The van der Waals surface area contributed by atoms with Gasteiger partial charge < -0.3 is 15.9 Å². The van der Waals surface area contributed by atoms with Crippen molar-refractivity contribution in [1.29, 1.82) is 0 Å². The largest absolute Gasteiger partial charge is 0.513 e. The molecule has 90 valence electrons. The van der Waals surface area contributed by atoms with Crippen LogP contribution in [-0.2, 0) is 0 Å². The lowest BCUT2D eigenvalue weighted by Crippen LogP contribution is -2.31. The number of nitrogens with two attached hydrogens (primary N) is 1. The SMILES string of the molecule is CC1C(O)=C(N)C=C2C1=C1CCC=C(O)CC21. The molecule has 0 spiro atoms. The second-order valence-electron chi connectivity index (χ2n) is 5.09. The normalized spacial score (nSPS) is 32.1. The molecule has 3 aliphatic rings. The van der Waals surface area contributed by atoms with Crippen LogP contribution in [0.1, 0.15) is 26.2 Å². The van der Waals surface area contributed by atoms with Gasteiger partial charge in [-0.3, -0.25) is 0 Å². The maximum atomic E-state index is 9.89. The fourth-order valence-corrected chi connectivity index (χ4v) is 3.23. The third-order valence-electron chi connectivity index (χ3n) is 4.11. The standard InChI is InChI=1S/C14H17NO2/c1-7-13-9-4-2-3-8(16)5-10(9)11(13)6-12(15)14(7)17/h3,6-7,10,16-17H,2,4-5,15H2,1H3. The molecule has 0 amide bonds. The third-order valence-corrected chi connectivity index (χ3v) is 4.11. The summed E-state index contributed by atoms with van der Waals surface area (Å²) in [5, 5.41) is 19.6. The molecule has 0 saturated heterocycles. The Kier molecular flexibility index (Phi) is 2.12. The van der Waals surface area contributed by atoms with E-state index < -0.39 is 0 Å². The lowest BCUT2D eigenvalue weighted by molar-refractivity contribution is 0.335. The molecule has 17 heavy (non-hydrogen) atoms. The predicted octanol–water partition coefficient (Wildman–Crippen LogP) is 2.84. The van der Waals surface area contributed by atoms with Gasteiger partial charge in [0.25, 0.3) is 0 Å². The second-order valence-corrected chi connectivity index (χ2v) is 5.09. The third kappa shape index (κ3) is 1.35. The van der Waals surface area contributed by atoms with E-state index in [1.165, 1.54) is 16.7 Å². The zero-order valence-electron chi connectivity index (χ0n) is 9.90. The summed E-state index contributed by atoms with van der Waals surface area (Å²) in [5.41, 5.74) is 10.1. The highest BCUT2D eigenvalue weighted by Crippen LogP contribution is 2.53. The Hall–Kier alpha value is -1.64. The van der Waals surface area contributed by atoms with Crippen molar-refractivity contribution in [3.05, 3.63) is 46.1 Å². The molecular weight excluding hydrogens is 214 g/mol. The van der Waals surface area contributed by atoms with Crippen LogP contribution < -0.4 is 5.73 Å². The van der Waals surface area contributed by atoms with Crippen molar-refractivity contribution < 1.29 is 10.2 Å². The van der Waals surface area contributed by atoms with Gasteiger partial charge in [-0.1, -0.05) is 12.5 Å². The van der Waals surface area contributed by atoms with Crippen molar-refractivity contribution in [2.75, 3.05) is 0 Å². The van der Waals surface area contributed by atoms with E-state index in [9.17, 15) is 10.2 Å². The molecular formula is C14H17NO2. The average Bonchev–Trinajstić information content (AvgIpc) is 2.45. The molecule has 0 aromatic rings. The highest BCUT2D eigenvalue weighted by Gasteiger charge is 2.41. The fourth-order valence-electron chi connectivity index (χ4n) is 3.23. The number of rotatable bonds is 0. The summed E-state index contributed by atoms with van der Waals surface area (Å²) < 4.78 is 0. The van der Waals surface area contributed by atoms with Gasteiger partial charge in [-0.15, -0.1) is 0 Å². The fraction of sp³-hybridized carbons (Fsp3) is 0.429. The molecule has 0 aliphatic heterocycles. The summed E-state index contributed by atoms with van der Waals surface area (Å²) in [5.74, 6) is 1.10. The molecule has 3 rings (SSSR count). The molecule has 3 nitrogen and oxygen atoms in total. The van der Waals surface area contributed by atoms with Crippen LogP contribution in [0.2, 0.25) is 0 Å². The first-order valence-corrected chi connectivity index (χ1v) is 6.11. The minimum atomic E-state index is 0.0153. The Morgan fingerprint density at radius 1 is 1.35 bits per heavy atom. The molecule has 2 unspecified atom stereocenters. The number of aliphatic hydroxyl groups is 2. The van der Waals surface area contributed by atoms with Gasteiger partial charge in [0.1, 0.15) is 5.76 Å². The Bertz CT molecular complexity index is 508. The maximum absolute atomic E-state index is 9.89. The van der Waals surface area contributed by atoms with Gasteiger partial charge in [0.05, 0.1) is 11.5 Å². The van der Waals surface area contributed by atoms with Crippen LogP contribution in [0.3, 0.4) is 0 Å². The summed E-state index contributed by atoms with van der Waals surface area (Å²) in [4.78, 5) is 0. The summed E-state index contributed by atoms with van der Waals surface area (Å²) >= 11 is 0. The van der Waals surface area contributed by atoms with Crippen molar-refractivity contribution in [3.8, 4) is 0 Å². The summed E-state index contributed by atoms with van der Waals surface area (Å²) in [6.07, 6.45) is 6.34. The lowest BCUT2D eigenvalue weighted by atomic mass is 9.63. The maximum Gasteiger partial charge on any atom is 0.122 e. The zero-order chi connectivity index (χ0) is 12.2. The van der Waals surface area contributed by atoms with Gasteiger partial charge in [0.15, 0.2) is 0 Å². The van der Waals surface area contributed by atoms with Gasteiger partial charge in [-0.25, -0.2) is 0 Å². The molecule has 0 aromatic heterocycles. The number of hydrogen-bond donors (Lipinski definition) is 3. The van der Waals surface area contributed by atoms with E-state index in [0.717, 1.165) is 12.8 Å². The van der Waals surface area contributed by atoms with Crippen LogP contribution in [0.15, 0.2) is 46.1 Å². The van der Waals surface area contributed by atoms with E-state index in [1.807, 2.05) is 19.1 Å². The average molecular weight is 231 g/mol.